The Bertz CT molecular complexity index is 1190. The van der Waals surface area contributed by atoms with Crippen molar-refractivity contribution >= 4 is 56.1 Å². The molecule has 4 rings (SSSR count). The Labute approximate surface area is 175 Å². The summed E-state index contributed by atoms with van der Waals surface area (Å²) in [4.78, 5) is 0. The molecular formula is C22H15IN4O. The summed E-state index contributed by atoms with van der Waals surface area (Å²) in [6.45, 7) is 0. The first kappa shape index (κ1) is 18.2. The molecule has 6 heteroatoms. The first-order chi connectivity index (χ1) is 13.7. The molecule has 0 spiro atoms. The van der Waals surface area contributed by atoms with Gasteiger partial charge >= 0.3 is 0 Å². The molecule has 0 saturated carbocycles. The standard InChI is InChI=1S/C22H15IN4O/c23-19-7-3-4-8-22(19)27-26-21-14-13-20(17-5-1-2-6-18(17)21)25-24-15-9-11-16(28)12-10-15/h1-14,28H. The van der Waals surface area contributed by atoms with Crippen molar-refractivity contribution in [2.75, 3.05) is 0 Å². The van der Waals surface area contributed by atoms with Crippen molar-refractivity contribution in [1.29, 1.82) is 0 Å². The maximum absolute atomic E-state index is 9.37. The number of nitrogens with zero attached hydrogens (tertiary/aromatic N) is 4. The zero-order chi connectivity index (χ0) is 19.3. The molecule has 0 unspecified atom stereocenters. The van der Waals surface area contributed by atoms with Crippen molar-refractivity contribution in [1.82, 2.24) is 0 Å². The van der Waals surface area contributed by atoms with Crippen LogP contribution in [0.2, 0.25) is 0 Å². The van der Waals surface area contributed by atoms with Crippen LogP contribution in [0.5, 0.6) is 5.75 Å². The molecule has 0 saturated heterocycles. The number of fused-ring (bicyclic) bond motifs is 1. The first-order valence-corrected chi connectivity index (χ1v) is 9.67. The molecule has 0 heterocycles. The molecule has 0 bridgehead atoms. The molecule has 28 heavy (non-hydrogen) atoms. The lowest BCUT2D eigenvalue weighted by atomic mass is 10.1. The number of hydrogen-bond acceptors (Lipinski definition) is 5. The fourth-order valence-electron chi connectivity index (χ4n) is 2.71. The molecule has 0 atom stereocenters. The number of halogens is 1. The van der Waals surface area contributed by atoms with Gasteiger partial charge in [-0.1, -0.05) is 36.4 Å². The molecule has 4 aromatic carbocycles. The molecule has 0 aliphatic carbocycles. The van der Waals surface area contributed by atoms with Gasteiger partial charge in [0.05, 0.1) is 22.7 Å². The van der Waals surface area contributed by atoms with Gasteiger partial charge in [0.15, 0.2) is 0 Å². The Balaban J connectivity index is 1.71. The van der Waals surface area contributed by atoms with E-state index in [0.29, 0.717) is 5.69 Å². The SMILES string of the molecule is Oc1ccc(N=Nc2ccc(N=Nc3ccccc3I)c3ccccc23)cc1. The lowest BCUT2D eigenvalue weighted by molar-refractivity contribution is 0.475. The Morgan fingerprint density at radius 2 is 1.07 bits per heavy atom. The lowest BCUT2D eigenvalue weighted by Crippen LogP contribution is -1.76. The second-order valence-corrected chi connectivity index (χ2v) is 7.18. The van der Waals surface area contributed by atoms with Crippen LogP contribution in [0.25, 0.3) is 10.8 Å². The minimum Gasteiger partial charge on any atom is -0.508 e. The number of azo groups is 2. The molecule has 5 nitrogen and oxygen atoms in total. The van der Waals surface area contributed by atoms with Crippen LogP contribution in [0.1, 0.15) is 0 Å². The van der Waals surface area contributed by atoms with Crippen LogP contribution < -0.4 is 0 Å². The van der Waals surface area contributed by atoms with Crippen LogP contribution in [-0.4, -0.2) is 5.11 Å². The van der Waals surface area contributed by atoms with Crippen molar-refractivity contribution in [3.63, 3.8) is 0 Å². The molecule has 0 aliphatic rings. The van der Waals surface area contributed by atoms with E-state index in [-0.39, 0.29) is 5.75 Å². The van der Waals surface area contributed by atoms with Gasteiger partial charge in [0, 0.05) is 14.3 Å². The van der Waals surface area contributed by atoms with Crippen LogP contribution in [0, 0.1) is 3.57 Å². The molecule has 4 aromatic rings. The van der Waals surface area contributed by atoms with E-state index in [9.17, 15) is 5.11 Å². The number of aromatic hydroxyl groups is 1. The highest BCUT2D eigenvalue weighted by atomic mass is 127. The Morgan fingerprint density at radius 1 is 0.536 bits per heavy atom. The maximum Gasteiger partial charge on any atom is 0.115 e. The van der Waals surface area contributed by atoms with Crippen molar-refractivity contribution in [3.8, 4) is 5.75 Å². The Kier molecular flexibility index (Phi) is 5.38. The topological polar surface area (TPSA) is 69.7 Å². The van der Waals surface area contributed by atoms with E-state index in [1.165, 1.54) is 0 Å². The van der Waals surface area contributed by atoms with E-state index in [4.69, 9.17) is 0 Å². The van der Waals surface area contributed by atoms with Gasteiger partial charge < -0.3 is 5.11 Å². The van der Waals surface area contributed by atoms with E-state index in [1.54, 1.807) is 24.3 Å². The molecule has 0 amide bonds. The van der Waals surface area contributed by atoms with Crippen LogP contribution in [0.15, 0.2) is 105 Å². The molecule has 0 radical (unpaired) electrons. The highest BCUT2D eigenvalue weighted by molar-refractivity contribution is 14.1. The average molecular weight is 478 g/mol. The zero-order valence-electron chi connectivity index (χ0n) is 14.7. The summed E-state index contributed by atoms with van der Waals surface area (Å²) in [5, 5.41) is 28.8. The molecule has 0 aliphatic heterocycles. The van der Waals surface area contributed by atoms with Crippen LogP contribution in [0.3, 0.4) is 0 Å². The fraction of sp³-hybridized carbons (Fsp3) is 0. The molecule has 0 aromatic heterocycles. The Hall–Kier alpha value is -3.13. The van der Waals surface area contributed by atoms with Gasteiger partial charge in [-0.05, 0) is 71.1 Å². The Morgan fingerprint density at radius 3 is 1.71 bits per heavy atom. The number of rotatable bonds is 4. The molecular weight excluding hydrogens is 463 g/mol. The van der Waals surface area contributed by atoms with E-state index in [0.717, 1.165) is 31.4 Å². The third-order valence-corrected chi connectivity index (χ3v) is 5.03. The number of benzene rings is 4. The highest BCUT2D eigenvalue weighted by Crippen LogP contribution is 2.35. The van der Waals surface area contributed by atoms with Crippen LogP contribution >= 0.6 is 22.6 Å². The van der Waals surface area contributed by atoms with E-state index in [1.807, 2.05) is 60.7 Å². The van der Waals surface area contributed by atoms with Crippen LogP contribution in [0.4, 0.5) is 22.7 Å². The normalized spacial score (nSPS) is 11.6. The van der Waals surface area contributed by atoms with Gasteiger partial charge in [0.1, 0.15) is 5.75 Å². The fourth-order valence-corrected chi connectivity index (χ4v) is 3.21. The first-order valence-electron chi connectivity index (χ1n) is 8.59. The van der Waals surface area contributed by atoms with Gasteiger partial charge in [0.2, 0.25) is 0 Å². The monoisotopic (exact) mass is 478 g/mol. The summed E-state index contributed by atoms with van der Waals surface area (Å²) < 4.78 is 1.05. The second-order valence-electron chi connectivity index (χ2n) is 6.02. The van der Waals surface area contributed by atoms with Crippen molar-refractivity contribution in [2.45, 2.75) is 0 Å². The van der Waals surface area contributed by atoms with E-state index >= 15 is 0 Å². The van der Waals surface area contributed by atoms with Crippen molar-refractivity contribution in [3.05, 3.63) is 88.5 Å². The number of hydrogen-bond donors (Lipinski definition) is 1. The number of phenols is 1. The third kappa shape index (κ3) is 4.07. The zero-order valence-corrected chi connectivity index (χ0v) is 16.9. The summed E-state index contributed by atoms with van der Waals surface area (Å²) in [6.07, 6.45) is 0. The third-order valence-electron chi connectivity index (χ3n) is 4.12. The summed E-state index contributed by atoms with van der Waals surface area (Å²) in [6, 6.07) is 26.2. The quantitative estimate of drug-likeness (QED) is 0.235. The summed E-state index contributed by atoms with van der Waals surface area (Å²) in [7, 11) is 0. The smallest absolute Gasteiger partial charge is 0.115 e. The van der Waals surface area contributed by atoms with E-state index in [2.05, 4.69) is 43.0 Å². The maximum atomic E-state index is 9.37. The van der Waals surface area contributed by atoms with Gasteiger partial charge in [-0.3, -0.25) is 0 Å². The van der Waals surface area contributed by atoms with Crippen molar-refractivity contribution < 1.29 is 5.11 Å². The summed E-state index contributed by atoms with van der Waals surface area (Å²) in [5.74, 6) is 0.201. The summed E-state index contributed by atoms with van der Waals surface area (Å²) in [5.41, 5.74) is 3.03. The van der Waals surface area contributed by atoms with Crippen molar-refractivity contribution in [2.24, 2.45) is 20.5 Å². The molecule has 1 N–H and O–H groups in total. The lowest BCUT2D eigenvalue weighted by Gasteiger charge is -2.04. The second kappa shape index (κ2) is 8.26. The van der Waals surface area contributed by atoms with E-state index < -0.39 is 0 Å². The predicted molar refractivity (Wildman–Crippen MR) is 120 cm³/mol. The minimum atomic E-state index is 0.201. The molecule has 0 fully saturated rings. The number of phenolic OH excluding ortho intramolecular Hbond substituents is 1. The van der Waals surface area contributed by atoms with Gasteiger partial charge in [0.25, 0.3) is 0 Å². The minimum absolute atomic E-state index is 0.201. The van der Waals surface area contributed by atoms with Gasteiger partial charge in [-0.15, -0.1) is 15.3 Å². The highest BCUT2D eigenvalue weighted by Gasteiger charge is 2.06. The molecule has 136 valence electrons. The predicted octanol–water partition coefficient (Wildman–Crippen LogP) is 7.98. The summed E-state index contributed by atoms with van der Waals surface area (Å²) >= 11 is 2.25. The van der Waals surface area contributed by atoms with Gasteiger partial charge in [-0.2, -0.15) is 5.11 Å². The van der Waals surface area contributed by atoms with Crippen LogP contribution in [-0.2, 0) is 0 Å². The van der Waals surface area contributed by atoms with Gasteiger partial charge in [-0.25, -0.2) is 0 Å². The largest absolute Gasteiger partial charge is 0.508 e. The average Bonchev–Trinajstić information content (AvgIpc) is 2.73.